The fraction of sp³-hybridized carbons (Fsp3) is 0.231. The molecule has 0 fully saturated rings. The van der Waals surface area contributed by atoms with Gasteiger partial charge < -0.3 is 15.2 Å². The van der Waals surface area contributed by atoms with Crippen LogP contribution in [0.25, 0.3) is 0 Å². The third-order valence-corrected chi connectivity index (χ3v) is 3.57. The van der Waals surface area contributed by atoms with E-state index in [0.717, 1.165) is 24.6 Å². The SMILES string of the molecule is N=C(N)c1ccc(Cl)cc1N1CCn2ccnc2C1. The minimum absolute atomic E-state index is 0.0561. The summed E-state index contributed by atoms with van der Waals surface area (Å²) >= 11 is 6.06. The Balaban J connectivity index is 1.99. The molecule has 0 aliphatic carbocycles. The van der Waals surface area contributed by atoms with Crippen LogP contribution < -0.4 is 10.6 Å². The highest BCUT2D eigenvalue weighted by Gasteiger charge is 2.20. The van der Waals surface area contributed by atoms with Gasteiger partial charge in [0.2, 0.25) is 0 Å². The van der Waals surface area contributed by atoms with Gasteiger partial charge in [0, 0.05) is 41.8 Å². The van der Waals surface area contributed by atoms with Crippen molar-refractivity contribution >= 4 is 23.1 Å². The molecule has 0 atom stereocenters. The Labute approximate surface area is 116 Å². The molecule has 0 unspecified atom stereocenters. The van der Waals surface area contributed by atoms with Gasteiger partial charge >= 0.3 is 0 Å². The highest BCUT2D eigenvalue weighted by molar-refractivity contribution is 6.31. The lowest BCUT2D eigenvalue weighted by molar-refractivity contribution is 0.560. The molecule has 0 radical (unpaired) electrons. The first-order valence-corrected chi connectivity index (χ1v) is 6.42. The van der Waals surface area contributed by atoms with Gasteiger partial charge in [0.15, 0.2) is 0 Å². The zero-order chi connectivity index (χ0) is 13.4. The second-order valence-electron chi connectivity index (χ2n) is 4.53. The van der Waals surface area contributed by atoms with Gasteiger partial charge in [-0.25, -0.2) is 4.98 Å². The van der Waals surface area contributed by atoms with Crippen molar-refractivity contribution in [3.63, 3.8) is 0 Å². The lowest BCUT2D eigenvalue weighted by Crippen LogP contribution is -2.35. The molecule has 1 aromatic heterocycles. The summed E-state index contributed by atoms with van der Waals surface area (Å²) in [5.74, 6) is 1.07. The van der Waals surface area contributed by atoms with Crippen molar-refractivity contribution in [1.29, 1.82) is 5.41 Å². The maximum Gasteiger partial charge on any atom is 0.128 e. The number of nitrogens with zero attached hydrogens (tertiary/aromatic N) is 3. The van der Waals surface area contributed by atoms with Crippen LogP contribution in [0, 0.1) is 5.41 Å². The first kappa shape index (κ1) is 12.0. The van der Waals surface area contributed by atoms with E-state index in [9.17, 15) is 0 Å². The molecule has 3 N–H and O–H groups in total. The summed E-state index contributed by atoms with van der Waals surface area (Å²) in [4.78, 5) is 6.49. The van der Waals surface area contributed by atoms with Gasteiger partial charge in [-0.2, -0.15) is 0 Å². The Hall–Kier alpha value is -2.01. The van der Waals surface area contributed by atoms with E-state index in [1.54, 1.807) is 12.1 Å². The van der Waals surface area contributed by atoms with Gasteiger partial charge in [0.25, 0.3) is 0 Å². The molecule has 98 valence electrons. The number of aromatic nitrogens is 2. The van der Waals surface area contributed by atoms with Crippen LogP contribution in [0.2, 0.25) is 5.02 Å². The molecule has 0 spiro atoms. The summed E-state index contributed by atoms with van der Waals surface area (Å²) < 4.78 is 2.13. The average molecular weight is 276 g/mol. The van der Waals surface area contributed by atoms with Crippen LogP contribution in [-0.2, 0) is 13.1 Å². The number of fused-ring (bicyclic) bond motifs is 1. The van der Waals surface area contributed by atoms with Crippen LogP contribution in [0.5, 0.6) is 0 Å². The molecule has 0 saturated heterocycles. The number of hydrogen-bond acceptors (Lipinski definition) is 3. The number of rotatable bonds is 2. The van der Waals surface area contributed by atoms with Gasteiger partial charge in [-0.05, 0) is 18.2 Å². The Morgan fingerprint density at radius 3 is 3.00 bits per heavy atom. The standard InChI is InChI=1S/C13H14ClN5/c14-9-1-2-10(13(15)16)11(7-9)19-6-5-18-4-3-17-12(18)8-19/h1-4,7H,5-6,8H2,(H3,15,16). The van der Waals surface area contributed by atoms with E-state index < -0.39 is 0 Å². The van der Waals surface area contributed by atoms with E-state index in [4.69, 9.17) is 22.7 Å². The lowest BCUT2D eigenvalue weighted by Gasteiger charge is -2.31. The highest BCUT2D eigenvalue weighted by atomic mass is 35.5. The maximum atomic E-state index is 7.67. The Morgan fingerprint density at radius 2 is 2.21 bits per heavy atom. The van der Waals surface area contributed by atoms with E-state index in [0.29, 0.717) is 17.1 Å². The number of nitrogens with one attached hydrogen (secondary N) is 1. The normalized spacial score (nSPS) is 14.3. The van der Waals surface area contributed by atoms with Crippen LogP contribution in [0.15, 0.2) is 30.6 Å². The van der Waals surface area contributed by atoms with E-state index >= 15 is 0 Å². The van der Waals surface area contributed by atoms with E-state index in [1.165, 1.54) is 0 Å². The van der Waals surface area contributed by atoms with E-state index in [1.807, 2.05) is 18.5 Å². The Morgan fingerprint density at radius 1 is 1.37 bits per heavy atom. The summed E-state index contributed by atoms with van der Waals surface area (Å²) in [5, 5.41) is 8.31. The quantitative estimate of drug-likeness (QED) is 0.649. The molecule has 0 amide bonds. The van der Waals surface area contributed by atoms with Crippen LogP contribution in [0.4, 0.5) is 5.69 Å². The largest absolute Gasteiger partial charge is 0.384 e. The summed E-state index contributed by atoms with van der Waals surface area (Å²) in [7, 11) is 0. The Bertz CT molecular complexity index is 634. The van der Waals surface area contributed by atoms with Crippen molar-refractivity contribution in [3.05, 3.63) is 47.0 Å². The molecule has 0 bridgehead atoms. The molecular weight excluding hydrogens is 262 g/mol. The number of amidine groups is 1. The number of nitrogen functional groups attached to an aromatic ring is 1. The zero-order valence-corrected chi connectivity index (χ0v) is 11.1. The van der Waals surface area contributed by atoms with Gasteiger partial charge in [-0.15, -0.1) is 0 Å². The fourth-order valence-corrected chi connectivity index (χ4v) is 2.54. The minimum atomic E-state index is 0.0561. The molecule has 3 rings (SSSR count). The molecule has 1 aliphatic heterocycles. The summed E-state index contributed by atoms with van der Waals surface area (Å²) in [6.45, 7) is 2.43. The second kappa shape index (κ2) is 4.59. The van der Waals surface area contributed by atoms with Crippen molar-refractivity contribution in [2.75, 3.05) is 11.4 Å². The molecule has 19 heavy (non-hydrogen) atoms. The van der Waals surface area contributed by atoms with Gasteiger partial charge in [-0.1, -0.05) is 11.6 Å². The third-order valence-electron chi connectivity index (χ3n) is 3.34. The lowest BCUT2D eigenvalue weighted by atomic mass is 10.1. The van der Waals surface area contributed by atoms with Crippen LogP contribution >= 0.6 is 11.6 Å². The first-order chi connectivity index (χ1) is 9.15. The first-order valence-electron chi connectivity index (χ1n) is 6.04. The predicted molar refractivity (Wildman–Crippen MR) is 75.7 cm³/mol. The van der Waals surface area contributed by atoms with Crippen molar-refractivity contribution in [3.8, 4) is 0 Å². The van der Waals surface area contributed by atoms with Crippen molar-refractivity contribution in [2.45, 2.75) is 13.1 Å². The third kappa shape index (κ3) is 2.17. The summed E-state index contributed by atoms with van der Waals surface area (Å²) in [6.07, 6.45) is 3.79. The van der Waals surface area contributed by atoms with Crippen LogP contribution in [0.1, 0.15) is 11.4 Å². The molecule has 1 aromatic carbocycles. The second-order valence-corrected chi connectivity index (χ2v) is 4.97. The van der Waals surface area contributed by atoms with Crippen molar-refractivity contribution in [2.24, 2.45) is 5.73 Å². The zero-order valence-electron chi connectivity index (χ0n) is 10.3. The predicted octanol–water partition coefficient (Wildman–Crippen LogP) is 1.84. The average Bonchev–Trinajstić information content (AvgIpc) is 2.85. The Kier molecular flexibility index (Phi) is 2.91. The number of anilines is 1. The molecular formula is C13H14ClN5. The van der Waals surface area contributed by atoms with Gasteiger partial charge in [-0.3, -0.25) is 5.41 Å². The summed E-state index contributed by atoms with van der Waals surface area (Å²) in [6, 6.07) is 5.41. The van der Waals surface area contributed by atoms with Crippen LogP contribution in [0.3, 0.4) is 0 Å². The molecule has 2 aromatic rings. The van der Waals surface area contributed by atoms with E-state index in [2.05, 4.69) is 14.5 Å². The fourth-order valence-electron chi connectivity index (χ4n) is 2.37. The summed E-state index contributed by atoms with van der Waals surface area (Å²) in [5.41, 5.74) is 7.25. The highest BCUT2D eigenvalue weighted by Crippen LogP contribution is 2.27. The smallest absolute Gasteiger partial charge is 0.128 e. The van der Waals surface area contributed by atoms with Gasteiger partial charge in [0.1, 0.15) is 11.7 Å². The number of halogens is 1. The maximum absolute atomic E-state index is 7.67. The number of hydrogen-bond donors (Lipinski definition) is 2. The van der Waals surface area contributed by atoms with E-state index in [-0.39, 0.29) is 5.84 Å². The van der Waals surface area contributed by atoms with Crippen LogP contribution in [-0.4, -0.2) is 21.9 Å². The monoisotopic (exact) mass is 275 g/mol. The van der Waals surface area contributed by atoms with Crippen molar-refractivity contribution < 1.29 is 0 Å². The molecule has 5 nitrogen and oxygen atoms in total. The minimum Gasteiger partial charge on any atom is -0.384 e. The molecule has 2 heterocycles. The number of imidazole rings is 1. The molecule has 0 saturated carbocycles. The molecule has 1 aliphatic rings. The number of benzene rings is 1. The number of nitrogens with two attached hydrogens (primary N) is 1. The topological polar surface area (TPSA) is 70.9 Å². The van der Waals surface area contributed by atoms with Crippen molar-refractivity contribution in [1.82, 2.24) is 9.55 Å². The van der Waals surface area contributed by atoms with Gasteiger partial charge in [0.05, 0.1) is 6.54 Å². The molecule has 6 heteroatoms.